The van der Waals surface area contributed by atoms with Gasteiger partial charge in [-0.05, 0) is 30.0 Å². The third-order valence-corrected chi connectivity index (χ3v) is 4.27. The second-order valence-electron chi connectivity index (χ2n) is 6.14. The number of fused-ring (bicyclic) bond motifs is 1. The third kappa shape index (κ3) is 2.59. The number of amides is 2. The van der Waals surface area contributed by atoms with E-state index >= 15 is 0 Å². The van der Waals surface area contributed by atoms with Crippen LogP contribution in [0.15, 0.2) is 48.5 Å². The molecular formula is C19H22N2O. The number of aryl methyl sites for hydroxylation is 1. The normalized spacial score (nSPS) is 17.0. The van der Waals surface area contributed by atoms with E-state index in [0.717, 1.165) is 13.0 Å². The number of hydrogen-bond acceptors (Lipinski definition) is 1. The Bertz CT molecular complexity index is 679. The van der Waals surface area contributed by atoms with Crippen molar-refractivity contribution in [2.24, 2.45) is 0 Å². The van der Waals surface area contributed by atoms with Gasteiger partial charge in [0.1, 0.15) is 0 Å². The van der Waals surface area contributed by atoms with Crippen LogP contribution in [0.1, 0.15) is 28.3 Å². The van der Waals surface area contributed by atoms with Gasteiger partial charge in [-0.15, -0.1) is 0 Å². The average Bonchev–Trinajstić information content (AvgIpc) is 2.53. The highest BCUT2D eigenvalue weighted by Crippen LogP contribution is 2.35. The Morgan fingerprint density at radius 2 is 1.86 bits per heavy atom. The van der Waals surface area contributed by atoms with Crippen LogP contribution in [-0.2, 0) is 6.42 Å². The van der Waals surface area contributed by atoms with Crippen LogP contribution in [0, 0.1) is 6.92 Å². The molecule has 0 aliphatic carbocycles. The molecule has 0 aromatic heterocycles. The summed E-state index contributed by atoms with van der Waals surface area (Å²) >= 11 is 0. The van der Waals surface area contributed by atoms with Crippen LogP contribution >= 0.6 is 0 Å². The van der Waals surface area contributed by atoms with E-state index in [0.29, 0.717) is 0 Å². The van der Waals surface area contributed by atoms with Crippen molar-refractivity contribution in [3.05, 3.63) is 70.8 Å². The third-order valence-electron chi connectivity index (χ3n) is 4.27. The number of carbonyl (C=O) groups is 1. The van der Waals surface area contributed by atoms with Gasteiger partial charge in [-0.3, -0.25) is 0 Å². The van der Waals surface area contributed by atoms with Crippen LogP contribution < -0.4 is 0 Å². The molecule has 3 heteroatoms. The quantitative estimate of drug-likeness (QED) is 0.788. The van der Waals surface area contributed by atoms with Crippen LogP contribution in [0.4, 0.5) is 4.79 Å². The first-order valence-corrected chi connectivity index (χ1v) is 7.70. The fourth-order valence-corrected chi connectivity index (χ4v) is 3.21. The lowest BCUT2D eigenvalue weighted by atomic mass is 9.87. The van der Waals surface area contributed by atoms with Gasteiger partial charge in [0, 0.05) is 20.6 Å². The maximum atomic E-state index is 12.6. The first-order valence-electron chi connectivity index (χ1n) is 7.70. The predicted molar refractivity (Wildman–Crippen MR) is 89.0 cm³/mol. The Morgan fingerprint density at radius 3 is 2.55 bits per heavy atom. The van der Waals surface area contributed by atoms with Crippen molar-refractivity contribution in [1.29, 1.82) is 0 Å². The summed E-state index contributed by atoms with van der Waals surface area (Å²) in [6.45, 7) is 2.88. The van der Waals surface area contributed by atoms with E-state index in [4.69, 9.17) is 0 Å². The van der Waals surface area contributed by atoms with E-state index < -0.39 is 0 Å². The molecule has 2 aromatic carbocycles. The summed E-state index contributed by atoms with van der Waals surface area (Å²) in [6, 6.07) is 16.9. The van der Waals surface area contributed by atoms with Crippen LogP contribution in [0.5, 0.6) is 0 Å². The first-order chi connectivity index (χ1) is 10.6. The Kier molecular flexibility index (Phi) is 3.88. The molecule has 0 saturated heterocycles. The number of rotatable bonds is 1. The Balaban J connectivity index is 2.11. The molecule has 1 aliphatic heterocycles. The van der Waals surface area contributed by atoms with Gasteiger partial charge < -0.3 is 9.80 Å². The molecular weight excluding hydrogens is 272 g/mol. The molecule has 0 spiro atoms. The molecule has 1 unspecified atom stereocenters. The molecule has 22 heavy (non-hydrogen) atoms. The highest BCUT2D eigenvalue weighted by Gasteiger charge is 2.32. The fraction of sp³-hybridized carbons (Fsp3) is 0.316. The second kappa shape index (κ2) is 5.84. The average molecular weight is 294 g/mol. The summed E-state index contributed by atoms with van der Waals surface area (Å²) in [5.74, 6) is 0. The predicted octanol–water partition coefficient (Wildman–Crippen LogP) is 3.62. The van der Waals surface area contributed by atoms with Gasteiger partial charge in [0.25, 0.3) is 0 Å². The van der Waals surface area contributed by atoms with Gasteiger partial charge >= 0.3 is 6.03 Å². The van der Waals surface area contributed by atoms with Crippen LogP contribution in [-0.4, -0.2) is 36.5 Å². The summed E-state index contributed by atoms with van der Waals surface area (Å²) in [5, 5.41) is 0. The van der Waals surface area contributed by atoms with Crippen molar-refractivity contribution in [3.8, 4) is 0 Å². The maximum absolute atomic E-state index is 12.6. The summed E-state index contributed by atoms with van der Waals surface area (Å²) in [7, 11) is 3.63. The zero-order valence-corrected chi connectivity index (χ0v) is 13.4. The number of nitrogens with zero attached hydrogens (tertiary/aromatic N) is 2. The van der Waals surface area contributed by atoms with E-state index in [2.05, 4.69) is 37.3 Å². The number of urea groups is 1. The van der Waals surface area contributed by atoms with Gasteiger partial charge in [-0.1, -0.05) is 54.1 Å². The topological polar surface area (TPSA) is 23.6 Å². The van der Waals surface area contributed by atoms with E-state index in [1.165, 1.54) is 22.3 Å². The first kappa shape index (κ1) is 14.6. The minimum absolute atomic E-state index is 0.000417. The van der Waals surface area contributed by atoms with Crippen molar-refractivity contribution in [2.45, 2.75) is 19.4 Å². The van der Waals surface area contributed by atoms with Crippen LogP contribution in [0.2, 0.25) is 0 Å². The summed E-state index contributed by atoms with van der Waals surface area (Å²) < 4.78 is 0. The SMILES string of the molecule is Cc1ccc2c(c1)CCN(C(=O)N(C)C)C2c1ccccc1. The zero-order valence-electron chi connectivity index (χ0n) is 13.4. The standard InChI is InChI=1S/C19H22N2O/c1-14-9-10-17-16(13-14)11-12-21(19(22)20(2)3)18(17)15-7-5-4-6-8-15/h4-10,13,18H,11-12H2,1-3H3. The monoisotopic (exact) mass is 294 g/mol. The van der Waals surface area contributed by atoms with Crippen molar-refractivity contribution in [3.63, 3.8) is 0 Å². The summed E-state index contributed by atoms with van der Waals surface area (Å²) in [5.41, 5.74) is 5.05. The van der Waals surface area contributed by atoms with Gasteiger partial charge in [0.05, 0.1) is 6.04 Å². The van der Waals surface area contributed by atoms with E-state index in [1.54, 1.807) is 4.90 Å². The molecule has 1 atom stereocenters. The van der Waals surface area contributed by atoms with Gasteiger partial charge in [0.2, 0.25) is 0 Å². The lowest BCUT2D eigenvalue weighted by Crippen LogP contribution is -2.45. The molecule has 0 saturated carbocycles. The molecule has 0 bridgehead atoms. The number of hydrogen-bond donors (Lipinski definition) is 0. The van der Waals surface area contributed by atoms with Crippen molar-refractivity contribution in [2.75, 3.05) is 20.6 Å². The highest BCUT2D eigenvalue weighted by molar-refractivity contribution is 5.75. The lowest BCUT2D eigenvalue weighted by Gasteiger charge is -2.39. The Morgan fingerprint density at radius 1 is 1.14 bits per heavy atom. The summed E-state index contributed by atoms with van der Waals surface area (Å²) in [4.78, 5) is 16.3. The molecule has 1 aliphatic rings. The molecule has 2 aromatic rings. The Hall–Kier alpha value is -2.29. The van der Waals surface area contributed by atoms with Crippen molar-refractivity contribution < 1.29 is 4.79 Å². The van der Waals surface area contributed by atoms with Crippen LogP contribution in [0.25, 0.3) is 0 Å². The summed E-state index contributed by atoms with van der Waals surface area (Å²) in [6.07, 6.45) is 0.917. The number of carbonyl (C=O) groups excluding carboxylic acids is 1. The maximum Gasteiger partial charge on any atom is 0.320 e. The molecule has 0 radical (unpaired) electrons. The minimum atomic E-state index is 0.000417. The van der Waals surface area contributed by atoms with Crippen molar-refractivity contribution in [1.82, 2.24) is 9.80 Å². The fourth-order valence-electron chi connectivity index (χ4n) is 3.21. The van der Waals surface area contributed by atoms with Gasteiger partial charge in [0.15, 0.2) is 0 Å². The molecule has 1 heterocycles. The van der Waals surface area contributed by atoms with E-state index in [1.807, 2.05) is 37.2 Å². The molecule has 3 rings (SSSR count). The minimum Gasteiger partial charge on any atom is -0.331 e. The zero-order chi connectivity index (χ0) is 15.7. The molecule has 3 nitrogen and oxygen atoms in total. The molecule has 0 N–H and O–H groups in total. The molecule has 2 amide bonds. The van der Waals surface area contributed by atoms with Crippen LogP contribution in [0.3, 0.4) is 0 Å². The smallest absolute Gasteiger partial charge is 0.320 e. The lowest BCUT2D eigenvalue weighted by molar-refractivity contribution is 0.154. The van der Waals surface area contributed by atoms with E-state index in [-0.39, 0.29) is 12.1 Å². The number of benzene rings is 2. The molecule has 0 fully saturated rings. The van der Waals surface area contributed by atoms with Crippen molar-refractivity contribution >= 4 is 6.03 Å². The second-order valence-corrected chi connectivity index (χ2v) is 6.14. The van der Waals surface area contributed by atoms with Gasteiger partial charge in [-0.2, -0.15) is 0 Å². The highest BCUT2D eigenvalue weighted by atomic mass is 16.2. The largest absolute Gasteiger partial charge is 0.331 e. The van der Waals surface area contributed by atoms with E-state index in [9.17, 15) is 4.79 Å². The Labute approximate surface area is 132 Å². The van der Waals surface area contributed by atoms with Gasteiger partial charge in [-0.25, -0.2) is 4.79 Å². The molecule has 114 valence electrons.